The first-order valence-corrected chi connectivity index (χ1v) is 27.6. The molecule has 0 amide bonds. The van der Waals surface area contributed by atoms with E-state index in [1.165, 1.54) is 0 Å². The maximum atomic E-state index is 7.69. The molecule has 0 nitrogen and oxygen atoms in total. The monoisotopic (exact) mass is 630 g/mol. The van der Waals surface area contributed by atoms with Crippen molar-refractivity contribution in [2.75, 3.05) is 0 Å². The highest BCUT2D eigenvalue weighted by Crippen LogP contribution is 2.46. The lowest BCUT2D eigenvalue weighted by molar-refractivity contribution is 1.75. The van der Waals surface area contributed by atoms with Gasteiger partial charge in [-0.15, -0.1) is 66.5 Å². The first kappa shape index (κ1) is 26.5. The second-order valence-electron chi connectivity index (χ2n) is 7.94. The highest BCUT2D eigenvalue weighted by Gasteiger charge is 2.79. The van der Waals surface area contributed by atoms with Crippen LogP contribution in [0.5, 0.6) is 0 Å². The maximum absolute atomic E-state index is 7.69. The molecule has 0 aliphatic carbocycles. The van der Waals surface area contributed by atoms with E-state index in [4.69, 9.17) is 66.5 Å². The predicted octanol–water partition coefficient (Wildman–Crippen LogP) is 6.06. The van der Waals surface area contributed by atoms with Crippen LogP contribution < -0.4 is 20.7 Å². The summed E-state index contributed by atoms with van der Waals surface area (Å²) in [6.45, 7) is -3.57. The molecule has 0 saturated heterocycles. The summed E-state index contributed by atoms with van der Waals surface area (Å²) < 4.78 is 0. The van der Waals surface area contributed by atoms with Crippen molar-refractivity contribution in [1.29, 1.82) is 0 Å². The van der Waals surface area contributed by atoms with Crippen molar-refractivity contribution in [1.82, 2.24) is 0 Å². The minimum absolute atomic E-state index is 0.817. The summed E-state index contributed by atoms with van der Waals surface area (Å²) in [6, 6.07) is 38.9. The summed E-state index contributed by atoms with van der Waals surface area (Å²) in [4.78, 5) is 0. The molecule has 0 radical (unpaired) electrons. The zero-order chi connectivity index (χ0) is 24.5. The molecule has 0 atom stereocenters. The lowest BCUT2D eigenvalue weighted by Gasteiger charge is -2.51. The molecule has 10 heteroatoms. The van der Waals surface area contributed by atoms with Crippen LogP contribution in [-0.2, 0) is 0 Å². The number of rotatable bonds is 7. The Hall–Kier alpha value is -0.512. The molecular weight excluding hydrogens is 613 g/mol. The molecule has 0 unspecified atom stereocenters. The second kappa shape index (κ2) is 10.5. The molecule has 0 heterocycles. The third-order valence-electron chi connectivity index (χ3n) is 6.03. The van der Waals surface area contributed by atoms with Crippen LogP contribution in [0.3, 0.4) is 0 Å². The van der Waals surface area contributed by atoms with Gasteiger partial charge in [-0.3, -0.25) is 0 Å². The zero-order valence-corrected chi connectivity index (χ0v) is 26.4. The van der Waals surface area contributed by atoms with Gasteiger partial charge in [-0.2, -0.15) is 0 Å². The van der Waals surface area contributed by atoms with Gasteiger partial charge >= 0.3 is 0 Å². The average molecular weight is 633 g/mol. The van der Waals surface area contributed by atoms with Crippen LogP contribution in [0.1, 0.15) is 0 Å². The molecule has 0 aromatic heterocycles. The largest absolute Gasteiger partial charge is 0.274 e. The smallest absolute Gasteiger partial charge is 0.144 e. The van der Waals surface area contributed by atoms with Crippen LogP contribution in [0.15, 0.2) is 121 Å². The Morgan fingerprint density at radius 1 is 0.294 bits per heavy atom. The Morgan fingerprint density at radius 3 is 0.735 bits per heavy atom. The minimum Gasteiger partial charge on any atom is -0.144 e. The SMILES string of the molecule is Cl[Si](Cl)(c1ccccc1)[Si](c1ccccc1)([Si](Cl)(Cl)c1ccccc1)[Si](Cl)(Cl)c1ccccc1. The quantitative estimate of drug-likeness (QED) is 0.172. The van der Waals surface area contributed by atoms with Gasteiger partial charge in [-0.05, 0) is 15.6 Å². The van der Waals surface area contributed by atoms with Gasteiger partial charge in [0.2, 0.25) is 0 Å². The van der Waals surface area contributed by atoms with Gasteiger partial charge in [-0.25, -0.2) is 0 Å². The third-order valence-corrected chi connectivity index (χ3v) is 83.5. The van der Waals surface area contributed by atoms with Gasteiger partial charge in [0, 0.05) is 0 Å². The Labute approximate surface area is 232 Å². The van der Waals surface area contributed by atoms with Gasteiger partial charge < -0.3 is 0 Å². The summed E-state index contributed by atoms with van der Waals surface area (Å²) in [7, 11) is 0. The van der Waals surface area contributed by atoms with Crippen molar-refractivity contribution >= 4 is 112 Å². The fraction of sp³-hybridized carbons (Fsp3) is 0. The van der Waals surface area contributed by atoms with Crippen LogP contribution >= 0.6 is 66.5 Å². The molecule has 0 fully saturated rings. The lowest BCUT2D eigenvalue weighted by atomic mass is 10.4. The maximum Gasteiger partial charge on any atom is 0.274 e. The fourth-order valence-electron chi connectivity index (χ4n) is 4.42. The molecule has 0 aliphatic heterocycles. The van der Waals surface area contributed by atoms with Crippen LogP contribution in [0, 0.1) is 0 Å². The predicted molar refractivity (Wildman–Crippen MR) is 162 cm³/mol. The van der Waals surface area contributed by atoms with E-state index in [0.29, 0.717) is 0 Å². The van der Waals surface area contributed by atoms with E-state index in [1.807, 2.05) is 121 Å². The summed E-state index contributed by atoms with van der Waals surface area (Å²) >= 11 is 46.1. The van der Waals surface area contributed by atoms with Gasteiger partial charge in [0.25, 0.3) is 18.6 Å². The number of halogens is 6. The Bertz CT molecular complexity index is 1100. The molecule has 174 valence electrons. The van der Waals surface area contributed by atoms with E-state index in [0.717, 1.165) is 20.7 Å². The molecule has 0 spiro atoms. The molecule has 34 heavy (non-hydrogen) atoms. The van der Waals surface area contributed by atoms with Crippen molar-refractivity contribution in [3.05, 3.63) is 121 Å². The Morgan fingerprint density at radius 2 is 0.500 bits per heavy atom. The summed E-state index contributed by atoms with van der Waals surface area (Å²) in [5, 5.41) is 3.35. The molecule has 0 bridgehead atoms. The molecule has 4 aromatic rings. The lowest BCUT2D eigenvalue weighted by Crippen LogP contribution is -2.93. The van der Waals surface area contributed by atoms with Crippen LogP contribution in [-0.4, -0.2) is 25.3 Å². The first-order chi connectivity index (χ1) is 16.2. The Kier molecular flexibility index (Phi) is 8.17. The van der Waals surface area contributed by atoms with Crippen molar-refractivity contribution in [3.63, 3.8) is 0 Å². The molecular formula is C24H20Cl6Si4. The Balaban J connectivity index is 2.20. The molecule has 4 aromatic carbocycles. The van der Waals surface area contributed by atoms with E-state index >= 15 is 0 Å². The van der Waals surface area contributed by atoms with Gasteiger partial charge in [-0.1, -0.05) is 127 Å². The second-order valence-corrected chi connectivity index (χ2v) is 50.8. The zero-order valence-electron chi connectivity index (χ0n) is 17.8. The number of hydrogen-bond acceptors (Lipinski definition) is 0. The normalized spacial score (nSPS) is 13.0. The van der Waals surface area contributed by atoms with Gasteiger partial charge in [0.05, 0.1) is 0 Å². The average Bonchev–Trinajstić information content (AvgIpc) is 2.86. The first-order valence-electron chi connectivity index (χ1n) is 10.5. The van der Waals surface area contributed by atoms with Gasteiger partial charge in [0.15, 0.2) is 6.63 Å². The van der Waals surface area contributed by atoms with Crippen LogP contribution in [0.25, 0.3) is 0 Å². The van der Waals surface area contributed by atoms with Crippen molar-refractivity contribution in [2.45, 2.75) is 0 Å². The third kappa shape index (κ3) is 4.30. The fourth-order valence-corrected chi connectivity index (χ4v) is 112. The van der Waals surface area contributed by atoms with E-state index in [-0.39, 0.29) is 0 Å². The highest BCUT2D eigenvalue weighted by atomic mass is 35.7. The molecule has 0 saturated carbocycles. The standard InChI is InChI=1S/C24H20Cl6Si4/c25-31(26,21-13-5-1-6-14-21)34(24-19-11-4-12-20-24,32(27,28)22-15-7-2-8-16-22)33(29,30)23-17-9-3-10-18-23/h1-20H. The van der Waals surface area contributed by atoms with E-state index in [2.05, 4.69) is 0 Å². The van der Waals surface area contributed by atoms with Crippen molar-refractivity contribution in [2.24, 2.45) is 0 Å². The summed E-state index contributed by atoms with van der Waals surface area (Å²) in [5.74, 6) is 0. The van der Waals surface area contributed by atoms with Crippen molar-refractivity contribution < 1.29 is 0 Å². The van der Waals surface area contributed by atoms with Crippen LogP contribution in [0.4, 0.5) is 0 Å². The summed E-state index contributed by atoms with van der Waals surface area (Å²) in [6.07, 6.45) is -10.7. The van der Waals surface area contributed by atoms with Crippen molar-refractivity contribution in [3.8, 4) is 0 Å². The topological polar surface area (TPSA) is 0 Å². The summed E-state index contributed by atoms with van der Waals surface area (Å²) in [5.41, 5.74) is 0. The number of hydrogen-bond donors (Lipinski definition) is 0. The van der Waals surface area contributed by atoms with Gasteiger partial charge in [0.1, 0.15) is 0 Å². The highest BCUT2D eigenvalue weighted by molar-refractivity contribution is 8.22. The van der Waals surface area contributed by atoms with Crippen LogP contribution in [0.2, 0.25) is 0 Å². The molecule has 0 N–H and O–H groups in total. The van der Waals surface area contributed by atoms with E-state index in [1.54, 1.807) is 0 Å². The van der Waals surface area contributed by atoms with E-state index in [9.17, 15) is 0 Å². The minimum atomic E-state index is -3.57. The van der Waals surface area contributed by atoms with E-state index < -0.39 is 25.3 Å². The number of benzene rings is 4. The molecule has 4 rings (SSSR count). The molecule has 0 aliphatic rings.